The third-order valence-corrected chi connectivity index (χ3v) is 15.6. The zero-order chi connectivity index (χ0) is 48.5. The van der Waals surface area contributed by atoms with Gasteiger partial charge in [0, 0.05) is 39.7 Å². The molecule has 0 atom stereocenters. The second-order valence-corrected chi connectivity index (χ2v) is 25.7. The fraction of sp³-hybridized carbons (Fsp3) is 0.317. The molecule has 2 aliphatic rings. The summed E-state index contributed by atoms with van der Waals surface area (Å²) in [5, 5.41) is 1.04. The van der Waals surface area contributed by atoms with Crippen LogP contribution in [0.2, 0.25) is 0 Å². The minimum atomic E-state index is -0.111. The van der Waals surface area contributed by atoms with E-state index >= 15 is 0 Å². The number of nitrogens with zero attached hydrogens (tertiary/aromatic N) is 3. The summed E-state index contributed by atoms with van der Waals surface area (Å²) in [6.07, 6.45) is 0. The van der Waals surface area contributed by atoms with Crippen LogP contribution in [0.3, 0.4) is 0 Å². The first-order valence-electron chi connectivity index (χ1n) is 24.6. The first kappa shape index (κ1) is 45.9. The maximum absolute atomic E-state index is 5.45. The minimum Gasteiger partial charge on any atom is -0.311 e. The van der Waals surface area contributed by atoms with Gasteiger partial charge in [0.05, 0.1) is 10.2 Å². The third kappa shape index (κ3) is 8.09. The zero-order valence-electron chi connectivity index (χ0n) is 43.1. The van der Waals surface area contributed by atoms with Gasteiger partial charge in [0.1, 0.15) is 5.01 Å². The molecule has 344 valence electrons. The largest absolute Gasteiger partial charge is 0.311 e. The molecule has 0 amide bonds. The molecule has 0 saturated carbocycles. The monoisotopic (exact) mass is 910 g/mol. The molecule has 0 bridgehead atoms. The molecular weight excluding hydrogens is 842 g/mol. The highest BCUT2D eigenvalue weighted by Crippen LogP contribution is 2.48. The van der Waals surface area contributed by atoms with Gasteiger partial charge < -0.3 is 9.80 Å². The van der Waals surface area contributed by atoms with Crippen LogP contribution in [0.25, 0.3) is 31.9 Å². The summed E-state index contributed by atoms with van der Waals surface area (Å²) < 4.78 is 1.20. The van der Waals surface area contributed by atoms with Crippen molar-refractivity contribution in [2.45, 2.75) is 131 Å². The normalized spacial score (nSPS) is 14.0. The lowest BCUT2D eigenvalue weighted by molar-refractivity contribution is 0.589. The number of fused-ring (bicyclic) bond motifs is 5. The van der Waals surface area contributed by atoms with Crippen molar-refractivity contribution in [1.29, 1.82) is 0 Å². The smallest absolute Gasteiger partial charge is 0.252 e. The fourth-order valence-electron chi connectivity index (χ4n) is 10.2. The van der Waals surface area contributed by atoms with E-state index < -0.39 is 0 Å². The van der Waals surface area contributed by atoms with E-state index in [2.05, 4.69) is 253 Å². The van der Waals surface area contributed by atoms with Crippen molar-refractivity contribution in [1.82, 2.24) is 4.98 Å². The summed E-state index contributed by atoms with van der Waals surface area (Å²) in [5.74, 6) is 0. The van der Waals surface area contributed by atoms with Crippen molar-refractivity contribution in [2.24, 2.45) is 0 Å². The molecule has 0 N–H and O–H groups in total. The Morgan fingerprint density at radius 3 is 1.24 bits per heavy atom. The average molecular weight is 910 g/mol. The van der Waals surface area contributed by atoms with Crippen LogP contribution in [-0.2, 0) is 27.1 Å². The Morgan fingerprint density at radius 1 is 0.368 bits per heavy atom. The van der Waals surface area contributed by atoms with E-state index in [1.54, 1.807) is 11.3 Å². The van der Waals surface area contributed by atoms with E-state index in [9.17, 15) is 0 Å². The van der Waals surface area contributed by atoms with Gasteiger partial charge in [0.2, 0.25) is 0 Å². The van der Waals surface area contributed by atoms with Gasteiger partial charge in [-0.1, -0.05) is 189 Å². The Morgan fingerprint density at radius 2 is 0.765 bits per heavy atom. The van der Waals surface area contributed by atoms with Gasteiger partial charge >= 0.3 is 0 Å². The van der Waals surface area contributed by atoms with Crippen LogP contribution in [0.4, 0.5) is 34.1 Å². The summed E-state index contributed by atoms with van der Waals surface area (Å²) in [7, 11) is 0. The van der Waals surface area contributed by atoms with Crippen molar-refractivity contribution in [3.8, 4) is 21.7 Å². The molecular formula is C63H68BN3S. The molecule has 0 aliphatic carbocycles. The van der Waals surface area contributed by atoms with Crippen LogP contribution >= 0.6 is 11.3 Å². The molecule has 5 heteroatoms. The van der Waals surface area contributed by atoms with Crippen LogP contribution in [0, 0.1) is 0 Å². The molecule has 1 aromatic heterocycles. The lowest BCUT2D eigenvalue weighted by atomic mass is 9.33. The summed E-state index contributed by atoms with van der Waals surface area (Å²) in [5.41, 5.74) is 22.6. The molecule has 0 unspecified atom stereocenters. The molecule has 2 aliphatic heterocycles. The minimum absolute atomic E-state index is 0.00424. The molecule has 68 heavy (non-hydrogen) atoms. The van der Waals surface area contributed by atoms with Gasteiger partial charge in [0.15, 0.2) is 0 Å². The summed E-state index contributed by atoms with van der Waals surface area (Å²) in [4.78, 5) is 10.6. The third-order valence-electron chi connectivity index (χ3n) is 14.5. The number of anilines is 6. The van der Waals surface area contributed by atoms with Crippen molar-refractivity contribution in [3.05, 3.63) is 167 Å². The van der Waals surface area contributed by atoms with Crippen LogP contribution in [-0.4, -0.2) is 11.7 Å². The Kier molecular flexibility index (Phi) is 10.7. The van der Waals surface area contributed by atoms with Crippen molar-refractivity contribution < 1.29 is 0 Å². The number of hydrogen-bond donors (Lipinski definition) is 0. The average Bonchev–Trinajstić information content (AvgIpc) is 3.70. The molecule has 0 spiro atoms. The van der Waals surface area contributed by atoms with E-state index in [0.29, 0.717) is 0 Å². The van der Waals surface area contributed by atoms with Crippen molar-refractivity contribution in [2.75, 3.05) is 9.80 Å². The highest BCUT2D eigenvalue weighted by Gasteiger charge is 2.45. The lowest BCUT2D eigenvalue weighted by Crippen LogP contribution is -2.61. The van der Waals surface area contributed by atoms with E-state index in [1.165, 1.54) is 88.5 Å². The highest BCUT2D eigenvalue weighted by atomic mass is 32.1. The van der Waals surface area contributed by atoms with Crippen LogP contribution in [0.1, 0.15) is 132 Å². The molecule has 3 nitrogen and oxygen atoms in total. The summed E-state index contributed by atoms with van der Waals surface area (Å²) in [6, 6.07) is 53.9. The molecule has 8 aromatic rings. The summed E-state index contributed by atoms with van der Waals surface area (Å²) >= 11 is 1.80. The number of hydrogen-bond acceptors (Lipinski definition) is 4. The van der Waals surface area contributed by atoms with Crippen molar-refractivity contribution in [3.63, 3.8) is 0 Å². The van der Waals surface area contributed by atoms with Crippen LogP contribution in [0.5, 0.6) is 0 Å². The maximum Gasteiger partial charge on any atom is 0.252 e. The second-order valence-electron chi connectivity index (χ2n) is 24.7. The molecule has 0 saturated heterocycles. The fourth-order valence-corrected chi connectivity index (χ4v) is 11.2. The first-order chi connectivity index (χ1) is 31.8. The van der Waals surface area contributed by atoms with E-state index in [0.717, 1.165) is 21.8 Å². The van der Waals surface area contributed by atoms with E-state index in [-0.39, 0.29) is 33.8 Å². The molecule has 0 radical (unpaired) electrons. The predicted octanol–water partition coefficient (Wildman–Crippen LogP) is 16.2. The Hall–Kier alpha value is -5.91. The SMILES string of the molecule is CC(C)(C)c1ccc(-c2ccc(-c3nc4cc5c(cc4s3)B3c4cc(C(C)(C)C)ccc4N(c4ccc(C(C)(C)C)cc4)c4cc(C(C)(C)C)cc(c43)N5c3ccc(C(C)(C)C)cc3)cc2)cc1. The van der Waals surface area contributed by atoms with Gasteiger partial charge in [-0.25, -0.2) is 4.98 Å². The van der Waals surface area contributed by atoms with Gasteiger partial charge in [0.25, 0.3) is 6.71 Å². The molecule has 3 heterocycles. The standard InChI is InChI=1S/C63H68BN3S/c1-59(2,3)42-22-20-40(21-23-42)39-16-18-41(19-17-39)58-65-51-38-53-50(37-56(51)68-58)64-49-34-45(62(10,11)12)28-33-52(49)66(47-29-24-43(25-30-47)60(4,5)6)54-35-46(63(13,14)15)36-55(57(54)64)67(53)48-31-26-44(27-32-48)61(7,8)9/h16-38H,1-15H3. The zero-order valence-corrected chi connectivity index (χ0v) is 43.9. The van der Waals surface area contributed by atoms with Gasteiger partial charge in [-0.15, -0.1) is 11.3 Å². The summed E-state index contributed by atoms with van der Waals surface area (Å²) in [6.45, 7) is 34.7. The Balaban J connectivity index is 1.21. The lowest BCUT2D eigenvalue weighted by Gasteiger charge is -2.45. The molecule has 7 aromatic carbocycles. The van der Waals surface area contributed by atoms with Crippen LogP contribution in [0.15, 0.2) is 140 Å². The predicted molar refractivity (Wildman–Crippen MR) is 298 cm³/mol. The quantitative estimate of drug-likeness (QED) is 0.164. The van der Waals surface area contributed by atoms with Crippen LogP contribution < -0.4 is 26.2 Å². The van der Waals surface area contributed by atoms with Gasteiger partial charge in [-0.3, -0.25) is 0 Å². The maximum atomic E-state index is 5.45. The molecule has 0 fully saturated rings. The number of aromatic nitrogens is 1. The first-order valence-corrected chi connectivity index (χ1v) is 25.5. The Bertz CT molecular complexity index is 3210. The topological polar surface area (TPSA) is 19.4 Å². The number of thiazole rings is 1. The second kappa shape index (κ2) is 15.8. The molecule has 10 rings (SSSR count). The van der Waals surface area contributed by atoms with E-state index in [1.807, 2.05) is 0 Å². The Labute approximate surface area is 411 Å². The highest BCUT2D eigenvalue weighted by molar-refractivity contribution is 7.21. The van der Waals surface area contributed by atoms with Gasteiger partial charge in [-0.05, 0) is 137 Å². The van der Waals surface area contributed by atoms with Crippen molar-refractivity contribution >= 4 is 78.8 Å². The van der Waals surface area contributed by atoms with E-state index in [4.69, 9.17) is 4.98 Å². The number of rotatable bonds is 4. The van der Waals surface area contributed by atoms with Gasteiger partial charge in [-0.2, -0.15) is 0 Å². The number of benzene rings is 7.